The number of benzene rings is 2. The minimum absolute atomic E-state index is 0.107. The molecule has 0 N–H and O–H groups in total. The lowest BCUT2D eigenvalue weighted by molar-refractivity contribution is -0.115. The summed E-state index contributed by atoms with van der Waals surface area (Å²) >= 11 is 1.39. The second-order valence-electron chi connectivity index (χ2n) is 7.60. The van der Waals surface area contributed by atoms with Crippen molar-refractivity contribution in [3.63, 3.8) is 0 Å². The molecule has 7 heteroatoms. The van der Waals surface area contributed by atoms with Gasteiger partial charge >= 0.3 is 5.63 Å². The third-order valence-electron chi connectivity index (χ3n) is 5.01. The predicted molar refractivity (Wildman–Crippen MR) is 127 cm³/mol. The Morgan fingerprint density at radius 1 is 1.19 bits per heavy atom. The first-order valence-corrected chi connectivity index (χ1v) is 11.3. The lowest BCUT2D eigenvalue weighted by Gasteiger charge is -2.18. The number of aryl methyl sites for hydroxylation is 2. The summed E-state index contributed by atoms with van der Waals surface area (Å²) in [5.74, 6) is 0.482. The number of aromatic nitrogens is 1. The summed E-state index contributed by atoms with van der Waals surface area (Å²) < 4.78 is 11.3. The van der Waals surface area contributed by atoms with Crippen molar-refractivity contribution < 1.29 is 13.9 Å². The van der Waals surface area contributed by atoms with Crippen molar-refractivity contribution in [3.8, 4) is 5.75 Å². The molecule has 0 bridgehead atoms. The van der Waals surface area contributed by atoms with Crippen LogP contribution < -0.4 is 15.3 Å². The van der Waals surface area contributed by atoms with E-state index < -0.39 is 0 Å². The predicted octanol–water partition coefficient (Wildman–Crippen LogP) is 5.77. The van der Waals surface area contributed by atoms with Gasteiger partial charge in [0.1, 0.15) is 17.9 Å². The van der Waals surface area contributed by atoms with Crippen molar-refractivity contribution in [2.75, 3.05) is 4.90 Å². The fraction of sp³-hybridized carbons (Fsp3) is 0.240. The van der Waals surface area contributed by atoms with E-state index in [0.29, 0.717) is 22.2 Å². The van der Waals surface area contributed by atoms with Crippen LogP contribution in [0.25, 0.3) is 11.0 Å². The number of fused-ring (bicyclic) bond motifs is 1. The molecule has 0 aliphatic carbocycles. The maximum atomic E-state index is 12.3. The van der Waals surface area contributed by atoms with Crippen molar-refractivity contribution in [1.29, 1.82) is 0 Å². The molecule has 2 aromatic carbocycles. The van der Waals surface area contributed by atoms with E-state index in [4.69, 9.17) is 9.15 Å². The van der Waals surface area contributed by atoms with Gasteiger partial charge in [-0.1, -0.05) is 25.5 Å². The van der Waals surface area contributed by atoms with E-state index in [1.54, 1.807) is 17.0 Å². The minimum Gasteiger partial charge on any atom is -0.487 e. The molecule has 0 aliphatic rings. The van der Waals surface area contributed by atoms with Crippen LogP contribution in [0, 0.1) is 6.92 Å². The van der Waals surface area contributed by atoms with Crippen molar-refractivity contribution in [3.05, 3.63) is 81.2 Å². The number of thiazole rings is 1. The zero-order valence-corrected chi connectivity index (χ0v) is 19.1. The van der Waals surface area contributed by atoms with Crippen molar-refractivity contribution in [2.45, 2.75) is 40.2 Å². The van der Waals surface area contributed by atoms with E-state index in [9.17, 15) is 9.59 Å². The highest BCUT2D eigenvalue weighted by molar-refractivity contribution is 7.14. The molecule has 1 amide bonds. The third-order valence-corrected chi connectivity index (χ3v) is 5.89. The minimum atomic E-state index is -0.359. The van der Waals surface area contributed by atoms with Crippen LogP contribution in [0.2, 0.25) is 0 Å². The van der Waals surface area contributed by atoms with Crippen LogP contribution in [0.3, 0.4) is 0 Å². The molecule has 6 nitrogen and oxygen atoms in total. The van der Waals surface area contributed by atoms with Gasteiger partial charge in [0.2, 0.25) is 5.91 Å². The van der Waals surface area contributed by atoms with Gasteiger partial charge in [0, 0.05) is 29.8 Å². The number of carbonyl (C=O) groups is 1. The Morgan fingerprint density at radius 2 is 2.03 bits per heavy atom. The van der Waals surface area contributed by atoms with Crippen LogP contribution in [0.5, 0.6) is 5.75 Å². The molecule has 0 aliphatic heterocycles. The van der Waals surface area contributed by atoms with Crippen molar-refractivity contribution in [2.24, 2.45) is 0 Å². The number of anilines is 2. The molecule has 0 spiro atoms. The van der Waals surface area contributed by atoms with E-state index in [2.05, 4.69) is 11.9 Å². The number of amides is 1. The second kappa shape index (κ2) is 9.36. The highest BCUT2D eigenvalue weighted by Gasteiger charge is 2.18. The topological polar surface area (TPSA) is 72.6 Å². The van der Waals surface area contributed by atoms with Gasteiger partial charge in [-0.15, -0.1) is 11.3 Å². The summed E-state index contributed by atoms with van der Waals surface area (Å²) in [6.45, 7) is 5.82. The zero-order valence-electron chi connectivity index (χ0n) is 18.3. The third kappa shape index (κ3) is 4.73. The number of hydrogen-bond donors (Lipinski definition) is 0. The van der Waals surface area contributed by atoms with Crippen molar-refractivity contribution >= 4 is 39.0 Å². The van der Waals surface area contributed by atoms with Gasteiger partial charge in [0.25, 0.3) is 0 Å². The van der Waals surface area contributed by atoms with Gasteiger partial charge < -0.3 is 9.15 Å². The molecular formula is C25H24N2O4S. The molecular weight excluding hydrogens is 424 g/mol. The Morgan fingerprint density at radius 3 is 2.78 bits per heavy atom. The standard InChI is InChI=1S/C25H24N2O4S/c1-4-6-18-12-24(29)31-23-13-21(9-10-22(18)23)30-14-19-15-32-25(26-19)27(17(3)28)20-8-5-7-16(2)11-20/h5,7-13,15H,4,6,14H2,1-3H3. The molecule has 4 rings (SSSR count). The van der Waals surface area contributed by atoms with Crippen LogP contribution in [0.15, 0.2) is 63.1 Å². The summed E-state index contributed by atoms with van der Waals surface area (Å²) in [4.78, 5) is 30.4. The van der Waals surface area contributed by atoms with E-state index in [0.717, 1.165) is 35.0 Å². The lowest BCUT2D eigenvalue weighted by atomic mass is 10.1. The SMILES string of the molecule is CCCc1cc(=O)oc2cc(OCc3csc(N(C(C)=O)c4cccc(C)c4)n3)ccc12. The summed E-state index contributed by atoms with van der Waals surface area (Å²) in [6, 6.07) is 14.8. The lowest BCUT2D eigenvalue weighted by Crippen LogP contribution is -2.22. The second-order valence-corrected chi connectivity index (χ2v) is 8.44. The van der Waals surface area contributed by atoms with Gasteiger partial charge in [-0.3, -0.25) is 9.69 Å². The first-order chi connectivity index (χ1) is 15.4. The summed E-state index contributed by atoms with van der Waals surface area (Å²) in [6.07, 6.45) is 1.76. The summed E-state index contributed by atoms with van der Waals surface area (Å²) in [7, 11) is 0. The highest BCUT2D eigenvalue weighted by atomic mass is 32.1. The Bertz CT molecular complexity index is 1330. The Labute approximate surface area is 190 Å². The molecule has 0 atom stereocenters. The van der Waals surface area contributed by atoms with Crippen LogP contribution in [0.1, 0.15) is 37.1 Å². The first-order valence-electron chi connectivity index (χ1n) is 10.5. The van der Waals surface area contributed by atoms with Gasteiger partial charge in [-0.2, -0.15) is 0 Å². The number of carbonyl (C=O) groups excluding carboxylic acids is 1. The first kappa shape index (κ1) is 21.8. The van der Waals surface area contributed by atoms with E-state index in [1.165, 1.54) is 18.3 Å². The van der Waals surface area contributed by atoms with Crippen LogP contribution in [-0.4, -0.2) is 10.9 Å². The molecule has 4 aromatic rings. The molecule has 164 valence electrons. The summed E-state index contributed by atoms with van der Waals surface area (Å²) in [5.41, 5.74) is 3.70. The Balaban J connectivity index is 1.53. The highest BCUT2D eigenvalue weighted by Crippen LogP contribution is 2.30. The average molecular weight is 449 g/mol. The smallest absolute Gasteiger partial charge is 0.336 e. The number of ether oxygens (including phenoxy) is 1. The molecule has 2 heterocycles. The van der Waals surface area contributed by atoms with Crippen LogP contribution in [-0.2, 0) is 17.8 Å². The quantitative estimate of drug-likeness (QED) is 0.335. The zero-order chi connectivity index (χ0) is 22.7. The van der Waals surface area contributed by atoms with Gasteiger partial charge in [-0.25, -0.2) is 9.78 Å². The molecule has 0 radical (unpaired) electrons. The number of rotatable bonds is 7. The van der Waals surface area contributed by atoms with Gasteiger partial charge in [0.05, 0.1) is 11.4 Å². The molecule has 2 aromatic heterocycles. The summed E-state index contributed by atoms with van der Waals surface area (Å²) in [5, 5.41) is 3.39. The maximum absolute atomic E-state index is 12.3. The largest absolute Gasteiger partial charge is 0.487 e. The normalized spacial score (nSPS) is 11.0. The van der Waals surface area contributed by atoms with E-state index in [1.807, 2.05) is 48.7 Å². The number of hydrogen-bond acceptors (Lipinski definition) is 6. The molecule has 0 fully saturated rings. The van der Waals surface area contributed by atoms with Crippen LogP contribution >= 0.6 is 11.3 Å². The molecule has 0 saturated carbocycles. The Hall–Kier alpha value is -3.45. The van der Waals surface area contributed by atoms with E-state index >= 15 is 0 Å². The average Bonchev–Trinajstić information content (AvgIpc) is 3.20. The monoisotopic (exact) mass is 448 g/mol. The molecule has 0 saturated heterocycles. The number of nitrogens with zero attached hydrogens (tertiary/aromatic N) is 2. The molecule has 0 unspecified atom stereocenters. The van der Waals surface area contributed by atoms with Gasteiger partial charge in [0.15, 0.2) is 5.13 Å². The Kier molecular flexibility index (Phi) is 6.37. The molecule has 32 heavy (non-hydrogen) atoms. The van der Waals surface area contributed by atoms with Crippen molar-refractivity contribution in [1.82, 2.24) is 4.98 Å². The van der Waals surface area contributed by atoms with Crippen LogP contribution in [0.4, 0.5) is 10.8 Å². The fourth-order valence-corrected chi connectivity index (χ4v) is 4.46. The van der Waals surface area contributed by atoms with Gasteiger partial charge in [-0.05, 0) is 48.7 Å². The fourth-order valence-electron chi connectivity index (χ4n) is 3.59. The van der Waals surface area contributed by atoms with E-state index in [-0.39, 0.29) is 18.1 Å². The maximum Gasteiger partial charge on any atom is 0.336 e.